The highest BCUT2D eigenvalue weighted by molar-refractivity contribution is 8.09. The minimum atomic E-state index is -0.414. The van der Waals surface area contributed by atoms with Crippen molar-refractivity contribution in [1.82, 2.24) is 0 Å². The van der Waals surface area contributed by atoms with Crippen molar-refractivity contribution in [2.24, 2.45) is 0 Å². The fourth-order valence-corrected chi connectivity index (χ4v) is 3.74. The Bertz CT molecular complexity index is 863. The van der Waals surface area contributed by atoms with Crippen LogP contribution in [-0.2, 0) is 15.5 Å². The van der Waals surface area contributed by atoms with Gasteiger partial charge in [0, 0.05) is 5.92 Å². The number of carbonyl (C=O) groups excluding carboxylic acids is 1. The van der Waals surface area contributed by atoms with Crippen molar-refractivity contribution in [2.75, 3.05) is 6.61 Å². The maximum absolute atomic E-state index is 12.0. The number of hydrogen-bond acceptors (Lipinski definition) is 4. The van der Waals surface area contributed by atoms with Gasteiger partial charge in [-0.2, -0.15) is 0 Å². The summed E-state index contributed by atoms with van der Waals surface area (Å²) in [5, 5.41) is -0.414. The number of fused-ring (bicyclic) bond motifs is 3. The maximum atomic E-state index is 12.0. The molecule has 0 spiro atoms. The summed E-state index contributed by atoms with van der Waals surface area (Å²) in [7, 11) is 0. The Hall–Kier alpha value is -2.56. The molecule has 0 fully saturated rings. The van der Waals surface area contributed by atoms with Gasteiger partial charge in [0.25, 0.3) is 0 Å². The van der Waals surface area contributed by atoms with Gasteiger partial charge in [-0.05, 0) is 27.8 Å². The average molecular weight is 362 g/mol. The summed E-state index contributed by atoms with van der Waals surface area (Å²) in [5.74, 6) is 0.0704. The van der Waals surface area contributed by atoms with Crippen LogP contribution in [0.25, 0.3) is 11.1 Å². The van der Waals surface area contributed by atoms with Gasteiger partial charge in [-0.15, -0.1) is 0 Å². The second kappa shape index (κ2) is 7.77. The highest BCUT2D eigenvalue weighted by atomic mass is 32.2. The van der Waals surface area contributed by atoms with E-state index in [9.17, 15) is 4.79 Å². The third-order valence-electron chi connectivity index (χ3n) is 4.53. The molecule has 0 N–H and O–H groups in total. The summed E-state index contributed by atoms with van der Waals surface area (Å²) in [6.07, 6.45) is 0. The Morgan fingerprint density at radius 3 is 2.04 bits per heavy atom. The van der Waals surface area contributed by atoms with E-state index in [4.69, 9.17) is 8.92 Å². The van der Waals surface area contributed by atoms with Crippen LogP contribution in [0.15, 0.2) is 78.9 Å². The molecule has 0 atom stereocenters. The van der Waals surface area contributed by atoms with E-state index in [0.29, 0.717) is 13.2 Å². The molecule has 0 radical (unpaired) electrons. The Kier molecular flexibility index (Phi) is 5.04. The van der Waals surface area contributed by atoms with E-state index in [0.717, 1.165) is 17.6 Å². The average Bonchev–Trinajstić information content (AvgIpc) is 3.01. The minimum absolute atomic E-state index is 0.0704. The zero-order valence-corrected chi connectivity index (χ0v) is 14.9. The minimum Gasteiger partial charge on any atom is -0.455 e. The van der Waals surface area contributed by atoms with Gasteiger partial charge < -0.3 is 8.92 Å². The van der Waals surface area contributed by atoms with E-state index >= 15 is 0 Å². The number of rotatable bonds is 5. The molecular weight excluding hydrogens is 344 g/mol. The number of ether oxygens (including phenoxy) is 1. The Balaban J connectivity index is 1.36. The van der Waals surface area contributed by atoms with E-state index in [1.165, 1.54) is 22.3 Å². The molecule has 4 rings (SSSR count). The highest BCUT2D eigenvalue weighted by Crippen LogP contribution is 2.44. The Morgan fingerprint density at radius 1 is 0.808 bits per heavy atom. The fraction of sp³-hybridized carbons (Fsp3) is 0.136. The zero-order chi connectivity index (χ0) is 17.8. The van der Waals surface area contributed by atoms with Gasteiger partial charge in [0.15, 0.2) is 0 Å². The van der Waals surface area contributed by atoms with Gasteiger partial charge in [-0.1, -0.05) is 78.9 Å². The first-order chi connectivity index (χ1) is 12.8. The summed E-state index contributed by atoms with van der Waals surface area (Å²) in [4.78, 5) is 12.0. The van der Waals surface area contributed by atoms with Crippen LogP contribution in [0.2, 0.25) is 0 Å². The Morgan fingerprint density at radius 2 is 1.38 bits per heavy atom. The fourth-order valence-electron chi connectivity index (χ4n) is 3.33. The van der Waals surface area contributed by atoms with Gasteiger partial charge in [-0.3, -0.25) is 0 Å². The first kappa shape index (κ1) is 16.9. The number of hydrogen-bond donors (Lipinski definition) is 0. The van der Waals surface area contributed by atoms with Crippen LogP contribution < -0.4 is 0 Å². The normalized spacial score (nSPS) is 12.5. The monoisotopic (exact) mass is 362 g/mol. The van der Waals surface area contributed by atoms with Crippen molar-refractivity contribution in [3.63, 3.8) is 0 Å². The molecule has 3 aromatic rings. The maximum Gasteiger partial charge on any atom is 0.394 e. The molecule has 0 aliphatic heterocycles. The summed E-state index contributed by atoms with van der Waals surface area (Å²) in [6, 6.07) is 26.3. The quantitative estimate of drug-likeness (QED) is 0.424. The van der Waals surface area contributed by atoms with Gasteiger partial charge in [0.1, 0.15) is 18.6 Å². The lowest BCUT2D eigenvalue weighted by Gasteiger charge is -2.13. The van der Waals surface area contributed by atoms with Crippen molar-refractivity contribution in [1.29, 1.82) is 0 Å². The lowest BCUT2D eigenvalue weighted by Crippen LogP contribution is -2.09. The second-order valence-corrected chi connectivity index (χ2v) is 6.85. The van der Waals surface area contributed by atoms with Crippen molar-refractivity contribution in [2.45, 2.75) is 12.5 Å². The van der Waals surface area contributed by atoms with Crippen LogP contribution in [0.4, 0.5) is 4.79 Å². The molecule has 0 saturated carbocycles. The zero-order valence-electron chi connectivity index (χ0n) is 14.1. The first-order valence-electron chi connectivity index (χ1n) is 8.51. The summed E-state index contributed by atoms with van der Waals surface area (Å²) >= 11 is 0.756. The van der Waals surface area contributed by atoms with Gasteiger partial charge in [0.2, 0.25) is 0 Å². The molecule has 0 saturated heterocycles. The van der Waals surface area contributed by atoms with Crippen molar-refractivity contribution >= 4 is 17.3 Å². The summed E-state index contributed by atoms with van der Waals surface area (Å²) in [5.41, 5.74) is 5.87. The second-order valence-electron chi connectivity index (χ2n) is 6.12. The van der Waals surface area contributed by atoms with E-state index in [2.05, 4.69) is 24.3 Å². The first-order valence-corrected chi connectivity index (χ1v) is 9.25. The SMILES string of the molecule is O=C(OCC1c2ccccc2-c2ccccc21)SOCc1ccccc1. The molecule has 130 valence electrons. The highest BCUT2D eigenvalue weighted by Gasteiger charge is 2.29. The molecule has 3 nitrogen and oxygen atoms in total. The molecule has 1 aliphatic carbocycles. The molecule has 3 aromatic carbocycles. The molecule has 0 amide bonds. The summed E-state index contributed by atoms with van der Waals surface area (Å²) < 4.78 is 10.9. The topological polar surface area (TPSA) is 35.5 Å². The standard InChI is InChI=1S/C22H18O3S/c23-22(26-25-14-16-8-2-1-3-9-16)24-15-21-19-12-6-4-10-17(19)18-11-5-7-13-20(18)21/h1-13,21H,14-15H2. The van der Waals surface area contributed by atoms with Crippen LogP contribution in [-0.4, -0.2) is 11.9 Å². The van der Waals surface area contributed by atoms with Crippen molar-refractivity contribution in [3.8, 4) is 11.1 Å². The van der Waals surface area contributed by atoms with Crippen LogP contribution in [0.5, 0.6) is 0 Å². The van der Waals surface area contributed by atoms with E-state index in [-0.39, 0.29) is 5.92 Å². The summed E-state index contributed by atoms with van der Waals surface area (Å²) in [6.45, 7) is 0.685. The molecule has 0 aromatic heterocycles. The molecule has 4 heteroatoms. The predicted octanol–water partition coefficient (Wildman–Crippen LogP) is 5.80. The Labute approximate surface area is 157 Å². The molecular formula is C22H18O3S. The van der Waals surface area contributed by atoms with Crippen LogP contribution in [0, 0.1) is 0 Å². The van der Waals surface area contributed by atoms with E-state index in [1.54, 1.807) is 0 Å². The van der Waals surface area contributed by atoms with Crippen molar-refractivity contribution < 1.29 is 13.7 Å². The van der Waals surface area contributed by atoms with Gasteiger partial charge in [0.05, 0.1) is 6.61 Å². The van der Waals surface area contributed by atoms with E-state index < -0.39 is 5.30 Å². The van der Waals surface area contributed by atoms with E-state index in [1.807, 2.05) is 54.6 Å². The number of benzene rings is 3. The third kappa shape index (κ3) is 3.52. The van der Waals surface area contributed by atoms with Crippen LogP contribution in [0.3, 0.4) is 0 Å². The van der Waals surface area contributed by atoms with Gasteiger partial charge in [-0.25, -0.2) is 4.79 Å². The smallest absolute Gasteiger partial charge is 0.394 e. The van der Waals surface area contributed by atoms with Crippen LogP contribution >= 0.6 is 12.0 Å². The molecule has 26 heavy (non-hydrogen) atoms. The third-order valence-corrected chi connectivity index (χ3v) is 5.02. The van der Waals surface area contributed by atoms with Gasteiger partial charge >= 0.3 is 5.30 Å². The molecule has 0 unspecified atom stereocenters. The predicted molar refractivity (Wildman–Crippen MR) is 104 cm³/mol. The molecule has 0 heterocycles. The van der Waals surface area contributed by atoms with Crippen LogP contribution in [0.1, 0.15) is 22.6 Å². The van der Waals surface area contributed by atoms with Crippen molar-refractivity contribution in [3.05, 3.63) is 95.6 Å². The lowest BCUT2D eigenvalue weighted by atomic mass is 9.98. The molecule has 1 aliphatic rings. The largest absolute Gasteiger partial charge is 0.455 e. The lowest BCUT2D eigenvalue weighted by molar-refractivity contribution is 0.168. The number of carbonyl (C=O) groups is 1. The molecule has 0 bridgehead atoms.